The summed E-state index contributed by atoms with van der Waals surface area (Å²) in [5.74, 6) is -0.217. The molecule has 2 aromatic rings. The maximum atomic E-state index is 12.2. The Morgan fingerprint density at radius 1 is 1.26 bits per heavy atom. The van der Waals surface area contributed by atoms with E-state index >= 15 is 0 Å². The zero-order chi connectivity index (χ0) is 13.7. The standard InChI is InChI=1S/C15H16O4/c1-18-14(16)9-5-2-6-11-10-19-13-8-4-3-7-12(13)15(11)17/h3-4,7-8,10H,2,5-6,9H2,1H3. The van der Waals surface area contributed by atoms with Crippen LogP contribution in [0.2, 0.25) is 0 Å². The molecule has 4 heteroatoms. The molecule has 0 bridgehead atoms. The molecule has 1 aromatic carbocycles. The Morgan fingerprint density at radius 3 is 2.84 bits per heavy atom. The van der Waals surface area contributed by atoms with Gasteiger partial charge >= 0.3 is 5.97 Å². The van der Waals surface area contributed by atoms with Crippen LogP contribution >= 0.6 is 0 Å². The molecule has 0 unspecified atom stereocenters. The minimum atomic E-state index is -0.217. The monoisotopic (exact) mass is 260 g/mol. The lowest BCUT2D eigenvalue weighted by atomic mass is 10.1. The highest BCUT2D eigenvalue weighted by molar-refractivity contribution is 5.76. The Bertz CT molecular complexity index is 627. The highest BCUT2D eigenvalue weighted by Gasteiger charge is 2.07. The van der Waals surface area contributed by atoms with Crippen molar-refractivity contribution in [1.82, 2.24) is 0 Å². The number of esters is 1. The summed E-state index contributed by atoms with van der Waals surface area (Å²) in [5.41, 5.74) is 1.27. The molecule has 0 aliphatic heterocycles. The maximum Gasteiger partial charge on any atom is 0.305 e. The van der Waals surface area contributed by atoms with Crippen LogP contribution in [0.4, 0.5) is 0 Å². The molecule has 0 aliphatic carbocycles. The van der Waals surface area contributed by atoms with Crippen molar-refractivity contribution in [3.05, 3.63) is 46.3 Å². The van der Waals surface area contributed by atoms with Crippen molar-refractivity contribution in [2.24, 2.45) is 0 Å². The first kappa shape index (κ1) is 13.3. The molecule has 0 saturated carbocycles. The van der Waals surface area contributed by atoms with E-state index in [1.54, 1.807) is 12.1 Å². The number of unbranched alkanes of at least 4 members (excludes halogenated alkanes) is 1. The predicted octanol–water partition coefficient (Wildman–Crippen LogP) is 2.68. The first-order chi connectivity index (χ1) is 9.22. The molecule has 1 heterocycles. The summed E-state index contributed by atoms with van der Waals surface area (Å²) in [7, 11) is 1.38. The van der Waals surface area contributed by atoms with Crippen LogP contribution in [0.1, 0.15) is 24.8 Å². The van der Waals surface area contributed by atoms with Crippen LogP contribution in [0.25, 0.3) is 11.0 Å². The number of carbonyl (C=O) groups excluding carboxylic acids is 1. The van der Waals surface area contributed by atoms with Gasteiger partial charge in [-0.15, -0.1) is 0 Å². The lowest BCUT2D eigenvalue weighted by Gasteiger charge is -2.02. The largest absolute Gasteiger partial charge is 0.469 e. The SMILES string of the molecule is COC(=O)CCCCc1coc2ccccc2c1=O. The maximum absolute atomic E-state index is 12.2. The van der Waals surface area contributed by atoms with Crippen LogP contribution in [0.3, 0.4) is 0 Å². The topological polar surface area (TPSA) is 56.5 Å². The second-order valence-corrected chi connectivity index (χ2v) is 4.37. The highest BCUT2D eigenvalue weighted by atomic mass is 16.5. The summed E-state index contributed by atoms with van der Waals surface area (Å²) in [6.07, 6.45) is 3.99. The number of methoxy groups -OCH3 is 1. The van der Waals surface area contributed by atoms with Crippen LogP contribution in [0.15, 0.2) is 39.7 Å². The molecule has 0 spiro atoms. The van der Waals surface area contributed by atoms with Crippen LogP contribution in [-0.2, 0) is 16.0 Å². The van der Waals surface area contributed by atoms with Gasteiger partial charge in [0.2, 0.25) is 0 Å². The van der Waals surface area contributed by atoms with Crippen LogP contribution in [0.5, 0.6) is 0 Å². The van der Waals surface area contributed by atoms with Gasteiger partial charge in [-0.2, -0.15) is 0 Å². The lowest BCUT2D eigenvalue weighted by molar-refractivity contribution is -0.140. The Morgan fingerprint density at radius 2 is 2.05 bits per heavy atom. The lowest BCUT2D eigenvalue weighted by Crippen LogP contribution is -2.09. The summed E-state index contributed by atoms with van der Waals surface area (Å²) in [4.78, 5) is 23.1. The molecule has 19 heavy (non-hydrogen) atoms. The van der Waals surface area contributed by atoms with E-state index in [9.17, 15) is 9.59 Å². The molecule has 0 fully saturated rings. The van der Waals surface area contributed by atoms with Crippen molar-refractivity contribution in [2.75, 3.05) is 7.11 Å². The van der Waals surface area contributed by atoms with E-state index in [-0.39, 0.29) is 11.4 Å². The molecular formula is C15H16O4. The van der Waals surface area contributed by atoms with Crippen molar-refractivity contribution >= 4 is 16.9 Å². The fourth-order valence-electron chi connectivity index (χ4n) is 1.98. The third kappa shape index (κ3) is 3.22. The summed E-state index contributed by atoms with van der Waals surface area (Å²) in [5, 5.41) is 0.605. The zero-order valence-electron chi connectivity index (χ0n) is 10.8. The predicted molar refractivity (Wildman–Crippen MR) is 72.1 cm³/mol. The fraction of sp³-hybridized carbons (Fsp3) is 0.333. The third-order valence-electron chi connectivity index (χ3n) is 3.06. The average molecular weight is 260 g/mol. The van der Waals surface area contributed by atoms with Crippen LogP contribution in [-0.4, -0.2) is 13.1 Å². The van der Waals surface area contributed by atoms with Gasteiger partial charge in [0.15, 0.2) is 5.43 Å². The fourth-order valence-corrected chi connectivity index (χ4v) is 1.98. The summed E-state index contributed by atoms with van der Waals surface area (Å²) in [6, 6.07) is 7.19. The Kier molecular flexibility index (Phi) is 4.34. The number of benzene rings is 1. The van der Waals surface area contributed by atoms with E-state index < -0.39 is 0 Å². The third-order valence-corrected chi connectivity index (χ3v) is 3.06. The highest BCUT2D eigenvalue weighted by Crippen LogP contribution is 2.12. The molecule has 0 N–H and O–H groups in total. The molecule has 2 rings (SSSR count). The molecule has 0 aliphatic rings. The first-order valence-electron chi connectivity index (χ1n) is 6.28. The van der Waals surface area contributed by atoms with Crippen molar-refractivity contribution in [3.8, 4) is 0 Å². The van der Waals surface area contributed by atoms with Gasteiger partial charge in [0.25, 0.3) is 0 Å². The number of fused-ring (bicyclic) bond motifs is 1. The second kappa shape index (κ2) is 6.18. The van der Waals surface area contributed by atoms with Gasteiger partial charge in [0.05, 0.1) is 18.8 Å². The normalized spacial score (nSPS) is 10.6. The van der Waals surface area contributed by atoms with Gasteiger partial charge < -0.3 is 9.15 Å². The van der Waals surface area contributed by atoms with Gasteiger partial charge in [-0.25, -0.2) is 0 Å². The summed E-state index contributed by atoms with van der Waals surface area (Å²) >= 11 is 0. The van der Waals surface area contributed by atoms with E-state index in [1.807, 2.05) is 12.1 Å². The average Bonchev–Trinajstić information content (AvgIpc) is 2.45. The van der Waals surface area contributed by atoms with Crippen LogP contribution in [0, 0.1) is 0 Å². The molecule has 4 nitrogen and oxygen atoms in total. The van der Waals surface area contributed by atoms with Gasteiger partial charge in [-0.05, 0) is 31.4 Å². The minimum Gasteiger partial charge on any atom is -0.469 e. The smallest absolute Gasteiger partial charge is 0.305 e. The van der Waals surface area contributed by atoms with Gasteiger partial charge in [0.1, 0.15) is 5.58 Å². The number of hydrogen-bond donors (Lipinski definition) is 0. The number of para-hydroxylation sites is 1. The van der Waals surface area contributed by atoms with Crippen molar-refractivity contribution in [2.45, 2.75) is 25.7 Å². The van der Waals surface area contributed by atoms with Gasteiger partial charge in [-0.3, -0.25) is 9.59 Å². The first-order valence-corrected chi connectivity index (χ1v) is 6.28. The van der Waals surface area contributed by atoms with E-state index in [0.717, 1.165) is 6.42 Å². The molecule has 0 saturated heterocycles. The number of rotatable bonds is 5. The van der Waals surface area contributed by atoms with Crippen molar-refractivity contribution in [3.63, 3.8) is 0 Å². The minimum absolute atomic E-state index is 0.0138. The number of hydrogen-bond acceptors (Lipinski definition) is 4. The second-order valence-electron chi connectivity index (χ2n) is 4.37. The number of carbonyl (C=O) groups is 1. The number of aryl methyl sites for hydroxylation is 1. The van der Waals surface area contributed by atoms with Crippen molar-refractivity contribution in [1.29, 1.82) is 0 Å². The summed E-state index contributed by atoms with van der Waals surface area (Å²) < 4.78 is 10.00. The van der Waals surface area contributed by atoms with E-state index in [4.69, 9.17) is 4.42 Å². The van der Waals surface area contributed by atoms with E-state index in [0.29, 0.717) is 35.8 Å². The van der Waals surface area contributed by atoms with E-state index in [1.165, 1.54) is 13.4 Å². The number of ether oxygens (including phenoxy) is 1. The van der Waals surface area contributed by atoms with Crippen LogP contribution < -0.4 is 5.43 Å². The molecule has 100 valence electrons. The molecular weight excluding hydrogens is 244 g/mol. The molecule has 0 amide bonds. The molecule has 0 atom stereocenters. The summed E-state index contributed by atoms with van der Waals surface area (Å²) in [6.45, 7) is 0. The Labute approximate surface area is 111 Å². The van der Waals surface area contributed by atoms with E-state index in [2.05, 4.69) is 4.74 Å². The molecule has 0 radical (unpaired) electrons. The van der Waals surface area contributed by atoms with Gasteiger partial charge in [0, 0.05) is 12.0 Å². The quantitative estimate of drug-likeness (QED) is 0.612. The zero-order valence-corrected chi connectivity index (χ0v) is 10.8. The molecule has 1 aromatic heterocycles. The van der Waals surface area contributed by atoms with Gasteiger partial charge in [-0.1, -0.05) is 12.1 Å². The Balaban J connectivity index is 2.03. The van der Waals surface area contributed by atoms with Crippen molar-refractivity contribution < 1.29 is 13.9 Å². The Hall–Kier alpha value is -2.10.